The maximum absolute atomic E-state index is 5.32. The van der Waals surface area contributed by atoms with E-state index in [1.165, 1.54) is 0 Å². The Morgan fingerprint density at radius 3 is 2.70 bits per heavy atom. The van der Waals surface area contributed by atoms with Crippen molar-refractivity contribution in [3.05, 3.63) is 48.7 Å². The van der Waals surface area contributed by atoms with E-state index in [0.717, 1.165) is 36.5 Å². The molecule has 0 saturated heterocycles. The smallest absolute Gasteiger partial charge is 0.259 e. The van der Waals surface area contributed by atoms with Crippen LogP contribution in [0.3, 0.4) is 0 Å². The van der Waals surface area contributed by atoms with Crippen molar-refractivity contribution in [3.63, 3.8) is 0 Å². The van der Waals surface area contributed by atoms with Gasteiger partial charge in [0, 0.05) is 32.0 Å². The van der Waals surface area contributed by atoms with Crippen LogP contribution in [-0.2, 0) is 4.74 Å². The second-order valence-corrected chi connectivity index (χ2v) is 4.99. The average molecular weight is 310 g/mol. The normalized spacial score (nSPS) is 10.7. The van der Waals surface area contributed by atoms with Crippen LogP contribution in [0.4, 0.5) is 5.82 Å². The third-order valence-corrected chi connectivity index (χ3v) is 3.30. The Hall–Kier alpha value is -2.73. The molecule has 3 rings (SSSR count). The van der Waals surface area contributed by atoms with E-state index in [1.54, 1.807) is 13.3 Å². The number of ether oxygens (including phenoxy) is 1. The number of hydrogen-bond donors (Lipinski definition) is 1. The van der Waals surface area contributed by atoms with Gasteiger partial charge >= 0.3 is 0 Å². The van der Waals surface area contributed by atoms with E-state index in [2.05, 4.69) is 20.4 Å². The summed E-state index contributed by atoms with van der Waals surface area (Å²) in [4.78, 5) is 8.77. The lowest BCUT2D eigenvalue weighted by Crippen LogP contribution is -2.05. The lowest BCUT2D eigenvalue weighted by atomic mass is 10.2. The van der Waals surface area contributed by atoms with Gasteiger partial charge in [-0.2, -0.15) is 4.98 Å². The minimum Gasteiger partial charge on any atom is -0.385 e. The molecule has 0 radical (unpaired) electrons. The molecular weight excluding hydrogens is 292 g/mol. The maximum atomic E-state index is 5.32. The van der Waals surface area contributed by atoms with Crippen LogP contribution in [0.2, 0.25) is 0 Å². The number of nitrogens with one attached hydrogen (secondary N) is 1. The Kier molecular flexibility index (Phi) is 4.95. The van der Waals surface area contributed by atoms with E-state index in [-0.39, 0.29) is 0 Å². The number of aromatic nitrogens is 3. The molecule has 0 spiro atoms. The van der Waals surface area contributed by atoms with Gasteiger partial charge in [0.1, 0.15) is 5.82 Å². The average Bonchev–Trinajstić information content (AvgIpc) is 3.10. The van der Waals surface area contributed by atoms with Crippen LogP contribution in [0.15, 0.2) is 53.2 Å². The Balaban J connectivity index is 1.67. The first kappa shape index (κ1) is 15.2. The molecule has 0 fully saturated rings. The van der Waals surface area contributed by atoms with E-state index in [1.807, 2.05) is 42.5 Å². The summed E-state index contributed by atoms with van der Waals surface area (Å²) in [6, 6.07) is 13.5. The van der Waals surface area contributed by atoms with Gasteiger partial charge in [0.05, 0.1) is 5.56 Å². The number of methoxy groups -OCH3 is 1. The van der Waals surface area contributed by atoms with Gasteiger partial charge in [-0.05, 0) is 18.6 Å². The summed E-state index contributed by atoms with van der Waals surface area (Å²) >= 11 is 0. The van der Waals surface area contributed by atoms with Gasteiger partial charge in [-0.3, -0.25) is 0 Å². The third kappa shape index (κ3) is 3.92. The molecule has 2 heterocycles. The zero-order chi connectivity index (χ0) is 15.9. The molecule has 0 saturated carbocycles. The van der Waals surface area contributed by atoms with Crippen molar-refractivity contribution < 1.29 is 9.26 Å². The zero-order valence-corrected chi connectivity index (χ0v) is 12.9. The molecule has 3 aromatic rings. The molecule has 1 N–H and O–H groups in total. The number of pyridine rings is 1. The highest BCUT2D eigenvalue weighted by atomic mass is 16.5. The lowest BCUT2D eigenvalue weighted by molar-refractivity contribution is 0.198. The van der Waals surface area contributed by atoms with Crippen molar-refractivity contribution in [2.45, 2.75) is 6.42 Å². The highest BCUT2D eigenvalue weighted by Gasteiger charge is 2.10. The van der Waals surface area contributed by atoms with Crippen molar-refractivity contribution in [2.75, 3.05) is 25.6 Å². The van der Waals surface area contributed by atoms with E-state index in [0.29, 0.717) is 11.7 Å². The largest absolute Gasteiger partial charge is 0.385 e. The van der Waals surface area contributed by atoms with Gasteiger partial charge < -0.3 is 14.6 Å². The molecule has 6 nitrogen and oxygen atoms in total. The monoisotopic (exact) mass is 310 g/mol. The molecule has 0 aliphatic rings. The highest BCUT2D eigenvalue weighted by molar-refractivity contribution is 5.59. The third-order valence-electron chi connectivity index (χ3n) is 3.30. The first-order valence-corrected chi connectivity index (χ1v) is 7.45. The topological polar surface area (TPSA) is 73.1 Å². The van der Waals surface area contributed by atoms with Gasteiger partial charge in [0.15, 0.2) is 0 Å². The van der Waals surface area contributed by atoms with Gasteiger partial charge in [-0.1, -0.05) is 35.5 Å². The van der Waals surface area contributed by atoms with Crippen molar-refractivity contribution in [3.8, 4) is 22.8 Å². The summed E-state index contributed by atoms with van der Waals surface area (Å²) < 4.78 is 10.3. The summed E-state index contributed by atoms with van der Waals surface area (Å²) in [6.45, 7) is 1.55. The quantitative estimate of drug-likeness (QED) is 0.675. The number of anilines is 1. The molecule has 0 aliphatic heterocycles. The van der Waals surface area contributed by atoms with Crippen LogP contribution in [0.1, 0.15) is 6.42 Å². The summed E-state index contributed by atoms with van der Waals surface area (Å²) in [5.74, 6) is 1.84. The van der Waals surface area contributed by atoms with Crippen LogP contribution in [0.5, 0.6) is 0 Å². The van der Waals surface area contributed by atoms with Crippen molar-refractivity contribution in [1.82, 2.24) is 15.1 Å². The number of rotatable bonds is 7. The fourth-order valence-electron chi connectivity index (χ4n) is 2.10. The minimum absolute atomic E-state index is 0.460. The lowest BCUT2D eigenvalue weighted by Gasteiger charge is -2.04. The fourth-order valence-corrected chi connectivity index (χ4v) is 2.10. The molecule has 0 atom stereocenters. The highest BCUT2D eigenvalue weighted by Crippen LogP contribution is 2.22. The Morgan fingerprint density at radius 2 is 1.96 bits per heavy atom. The molecule has 0 aliphatic carbocycles. The molecule has 0 bridgehead atoms. The maximum Gasteiger partial charge on any atom is 0.259 e. The standard InChI is InChI=1S/C17H18N4O2/c1-22-11-5-10-18-15-9-8-14(12-19-15)17-20-16(21-23-17)13-6-3-2-4-7-13/h2-4,6-9,12H,5,10-11H2,1H3,(H,18,19). The first-order valence-electron chi connectivity index (χ1n) is 7.45. The molecule has 0 unspecified atom stereocenters. The predicted molar refractivity (Wildman–Crippen MR) is 87.9 cm³/mol. The van der Waals surface area contributed by atoms with Crippen LogP contribution >= 0.6 is 0 Å². The van der Waals surface area contributed by atoms with Gasteiger partial charge in [-0.15, -0.1) is 0 Å². The summed E-state index contributed by atoms with van der Waals surface area (Å²) in [6.07, 6.45) is 2.66. The van der Waals surface area contributed by atoms with Crippen LogP contribution < -0.4 is 5.32 Å². The molecule has 6 heteroatoms. The number of hydrogen-bond acceptors (Lipinski definition) is 6. The molecule has 2 aromatic heterocycles. The fraction of sp³-hybridized carbons (Fsp3) is 0.235. The molecule has 118 valence electrons. The van der Waals surface area contributed by atoms with Gasteiger partial charge in [-0.25, -0.2) is 4.98 Å². The van der Waals surface area contributed by atoms with E-state index in [4.69, 9.17) is 9.26 Å². The molecule has 1 aromatic carbocycles. The Morgan fingerprint density at radius 1 is 1.09 bits per heavy atom. The van der Waals surface area contributed by atoms with E-state index >= 15 is 0 Å². The SMILES string of the molecule is COCCCNc1ccc(-c2nc(-c3ccccc3)no2)cn1. The minimum atomic E-state index is 0.460. The Labute approximate surface area is 134 Å². The molecule has 23 heavy (non-hydrogen) atoms. The second-order valence-electron chi connectivity index (χ2n) is 4.99. The van der Waals surface area contributed by atoms with Crippen LogP contribution in [0.25, 0.3) is 22.8 Å². The van der Waals surface area contributed by atoms with Crippen LogP contribution in [0, 0.1) is 0 Å². The summed E-state index contributed by atoms with van der Waals surface area (Å²) in [5, 5.41) is 7.24. The van der Waals surface area contributed by atoms with Crippen molar-refractivity contribution >= 4 is 5.82 Å². The van der Waals surface area contributed by atoms with Crippen LogP contribution in [-0.4, -0.2) is 35.4 Å². The predicted octanol–water partition coefficient (Wildman–Crippen LogP) is 3.25. The van der Waals surface area contributed by atoms with Gasteiger partial charge in [0.25, 0.3) is 5.89 Å². The summed E-state index contributed by atoms with van der Waals surface area (Å²) in [7, 11) is 1.70. The van der Waals surface area contributed by atoms with Gasteiger partial charge in [0.2, 0.25) is 5.82 Å². The van der Waals surface area contributed by atoms with Crippen molar-refractivity contribution in [2.24, 2.45) is 0 Å². The number of benzene rings is 1. The first-order chi connectivity index (χ1) is 11.4. The van der Waals surface area contributed by atoms with E-state index in [9.17, 15) is 0 Å². The summed E-state index contributed by atoms with van der Waals surface area (Å²) in [5.41, 5.74) is 1.72. The second kappa shape index (κ2) is 7.51. The molecule has 0 amide bonds. The molecular formula is C17H18N4O2. The van der Waals surface area contributed by atoms with E-state index < -0.39 is 0 Å². The zero-order valence-electron chi connectivity index (χ0n) is 12.9. The Bertz CT molecular complexity index is 726. The number of nitrogens with zero attached hydrogens (tertiary/aromatic N) is 3. The van der Waals surface area contributed by atoms with Crippen molar-refractivity contribution in [1.29, 1.82) is 0 Å².